The fourth-order valence-electron chi connectivity index (χ4n) is 2.94. The summed E-state index contributed by atoms with van der Waals surface area (Å²) in [5.41, 5.74) is 3.39. The summed E-state index contributed by atoms with van der Waals surface area (Å²) in [5.74, 6) is -0.237. The normalized spacial score (nSPS) is 12.4. The van der Waals surface area contributed by atoms with Gasteiger partial charge in [0.15, 0.2) is 5.82 Å². The summed E-state index contributed by atoms with van der Waals surface area (Å²) in [6.45, 7) is 0. The first kappa shape index (κ1) is 14.8. The van der Waals surface area contributed by atoms with E-state index in [1.165, 1.54) is 38.8 Å². The molecular formula is C18H15N3O2S. The molecule has 1 amide bonds. The van der Waals surface area contributed by atoms with Crippen LogP contribution < -0.4 is 10.9 Å². The molecule has 0 spiro atoms. The minimum atomic E-state index is -0.322. The average Bonchev–Trinajstić information content (AvgIpc) is 3.04. The Morgan fingerprint density at radius 2 is 2.04 bits per heavy atom. The molecule has 0 fully saturated rings. The van der Waals surface area contributed by atoms with E-state index in [0.29, 0.717) is 4.88 Å². The number of thiophene rings is 1. The zero-order valence-corrected chi connectivity index (χ0v) is 13.9. The van der Waals surface area contributed by atoms with Crippen LogP contribution in [-0.2, 0) is 19.9 Å². The first-order chi connectivity index (χ1) is 11.6. The van der Waals surface area contributed by atoms with Gasteiger partial charge in [-0.3, -0.25) is 9.59 Å². The number of rotatable bonds is 2. The van der Waals surface area contributed by atoms with Crippen molar-refractivity contribution in [1.82, 2.24) is 9.55 Å². The lowest BCUT2D eigenvalue weighted by Gasteiger charge is -2.15. The molecule has 0 bridgehead atoms. The number of aromatic nitrogens is 2. The molecule has 6 heteroatoms. The molecule has 5 nitrogen and oxygen atoms in total. The van der Waals surface area contributed by atoms with Crippen LogP contribution in [0.2, 0.25) is 0 Å². The molecule has 24 heavy (non-hydrogen) atoms. The summed E-state index contributed by atoms with van der Waals surface area (Å²) in [7, 11) is 1.63. The van der Waals surface area contributed by atoms with Crippen LogP contribution in [0.25, 0.3) is 10.4 Å². The second kappa shape index (κ2) is 5.72. The van der Waals surface area contributed by atoms with Gasteiger partial charge < -0.3 is 9.88 Å². The van der Waals surface area contributed by atoms with Crippen LogP contribution in [0.3, 0.4) is 0 Å². The van der Waals surface area contributed by atoms with Gasteiger partial charge in [-0.25, -0.2) is 4.98 Å². The predicted molar refractivity (Wildman–Crippen MR) is 94.6 cm³/mol. The Kier molecular flexibility index (Phi) is 3.54. The molecule has 0 atom stereocenters. The number of amides is 1. The van der Waals surface area contributed by atoms with Gasteiger partial charge in [-0.1, -0.05) is 24.3 Å². The topological polar surface area (TPSA) is 64.0 Å². The lowest BCUT2D eigenvalue weighted by atomic mass is 9.91. The molecule has 4 rings (SSSR count). The van der Waals surface area contributed by atoms with Gasteiger partial charge in [-0.05, 0) is 35.6 Å². The number of nitrogens with zero attached hydrogens (tertiary/aromatic N) is 2. The molecular weight excluding hydrogens is 322 g/mol. The van der Waals surface area contributed by atoms with Gasteiger partial charge in [0, 0.05) is 24.3 Å². The van der Waals surface area contributed by atoms with Crippen molar-refractivity contribution in [3.8, 4) is 10.4 Å². The summed E-state index contributed by atoms with van der Waals surface area (Å²) >= 11 is 1.47. The maximum Gasteiger partial charge on any atom is 0.293 e. The number of fused-ring (bicyclic) bond motifs is 3. The van der Waals surface area contributed by atoms with Crippen molar-refractivity contribution >= 4 is 23.1 Å². The Labute approximate surface area is 142 Å². The maximum absolute atomic E-state index is 12.5. The van der Waals surface area contributed by atoms with E-state index in [1.807, 2.05) is 18.2 Å². The highest BCUT2D eigenvalue weighted by atomic mass is 32.1. The number of carbonyl (C=O) groups is 1. The first-order valence-electron chi connectivity index (χ1n) is 7.67. The Morgan fingerprint density at radius 1 is 1.25 bits per heavy atom. The summed E-state index contributed by atoms with van der Waals surface area (Å²) in [6, 6.07) is 10.2. The van der Waals surface area contributed by atoms with E-state index in [0.717, 1.165) is 17.7 Å². The van der Waals surface area contributed by atoms with Crippen LogP contribution >= 0.6 is 11.3 Å². The van der Waals surface area contributed by atoms with Gasteiger partial charge >= 0.3 is 0 Å². The fraction of sp³-hybridized carbons (Fsp3) is 0.167. The highest BCUT2D eigenvalue weighted by Crippen LogP contribution is 2.39. The van der Waals surface area contributed by atoms with Gasteiger partial charge in [0.2, 0.25) is 0 Å². The molecule has 0 unspecified atom stereocenters. The van der Waals surface area contributed by atoms with Gasteiger partial charge in [-0.15, -0.1) is 11.3 Å². The predicted octanol–water partition coefficient (Wildman–Crippen LogP) is 2.86. The Balaban J connectivity index is 1.67. The molecule has 0 saturated heterocycles. The third kappa shape index (κ3) is 2.45. The standard InChI is InChI=1S/C18H15N3O2S/c1-21-9-8-19-16(18(21)23)20-17(22)14-10-12-7-6-11-4-2-3-5-13(11)15(12)24-14/h2-5,8-10H,6-7H2,1H3,(H,19,20,22). The smallest absolute Gasteiger partial charge is 0.293 e. The maximum atomic E-state index is 12.5. The molecule has 1 aliphatic carbocycles. The molecule has 1 N–H and O–H groups in total. The van der Waals surface area contributed by atoms with Crippen LogP contribution in [0, 0.1) is 0 Å². The molecule has 2 aromatic heterocycles. The molecule has 120 valence electrons. The number of hydrogen-bond acceptors (Lipinski definition) is 4. The van der Waals surface area contributed by atoms with Crippen molar-refractivity contribution in [1.29, 1.82) is 0 Å². The number of anilines is 1. The van der Waals surface area contributed by atoms with E-state index in [2.05, 4.69) is 22.4 Å². The van der Waals surface area contributed by atoms with E-state index < -0.39 is 0 Å². The largest absolute Gasteiger partial charge is 0.314 e. The molecule has 1 aliphatic rings. The second-order valence-corrected chi connectivity index (χ2v) is 6.82. The zero-order valence-electron chi connectivity index (χ0n) is 13.1. The van der Waals surface area contributed by atoms with Gasteiger partial charge in [-0.2, -0.15) is 0 Å². The number of aryl methyl sites for hydroxylation is 3. The van der Waals surface area contributed by atoms with Crippen molar-refractivity contribution < 1.29 is 4.79 Å². The summed E-state index contributed by atoms with van der Waals surface area (Å²) < 4.78 is 1.39. The van der Waals surface area contributed by atoms with Gasteiger partial charge in [0.05, 0.1) is 4.88 Å². The van der Waals surface area contributed by atoms with Crippen molar-refractivity contribution in [2.75, 3.05) is 5.32 Å². The van der Waals surface area contributed by atoms with Crippen molar-refractivity contribution in [2.24, 2.45) is 7.05 Å². The van der Waals surface area contributed by atoms with E-state index in [-0.39, 0.29) is 17.3 Å². The van der Waals surface area contributed by atoms with E-state index in [4.69, 9.17) is 0 Å². The van der Waals surface area contributed by atoms with Crippen LogP contribution in [-0.4, -0.2) is 15.5 Å². The molecule has 0 radical (unpaired) electrons. The van der Waals surface area contributed by atoms with Crippen LogP contribution in [0.5, 0.6) is 0 Å². The Bertz CT molecular complexity index is 1000. The van der Waals surface area contributed by atoms with Crippen molar-refractivity contribution in [3.63, 3.8) is 0 Å². The lowest BCUT2D eigenvalue weighted by Crippen LogP contribution is -2.24. The molecule has 0 saturated carbocycles. The SMILES string of the molecule is Cn1ccnc(NC(=O)c2cc3c(s2)-c2ccccc2CC3)c1=O. The highest BCUT2D eigenvalue weighted by molar-refractivity contribution is 7.17. The third-order valence-electron chi connectivity index (χ3n) is 4.21. The number of hydrogen-bond donors (Lipinski definition) is 1. The molecule has 1 aromatic carbocycles. The lowest BCUT2D eigenvalue weighted by molar-refractivity contribution is 0.103. The van der Waals surface area contributed by atoms with Crippen molar-refractivity contribution in [2.45, 2.75) is 12.8 Å². The fourth-order valence-corrected chi connectivity index (χ4v) is 4.10. The monoisotopic (exact) mass is 337 g/mol. The number of benzene rings is 1. The quantitative estimate of drug-likeness (QED) is 0.782. The van der Waals surface area contributed by atoms with E-state index in [1.54, 1.807) is 13.2 Å². The van der Waals surface area contributed by atoms with E-state index in [9.17, 15) is 9.59 Å². The second-order valence-electron chi connectivity index (χ2n) is 5.77. The van der Waals surface area contributed by atoms with Gasteiger partial charge in [0.25, 0.3) is 11.5 Å². The summed E-state index contributed by atoms with van der Waals surface area (Å²) in [4.78, 5) is 30.2. The molecule has 0 aliphatic heterocycles. The summed E-state index contributed by atoms with van der Waals surface area (Å²) in [6.07, 6.45) is 4.97. The number of nitrogens with one attached hydrogen (secondary N) is 1. The summed E-state index contributed by atoms with van der Waals surface area (Å²) in [5, 5.41) is 2.63. The minimum absolute atomic E-state index is 0.0526. The van der Waals surface area contributed by atoms with Crippen molar-refractivity contribution in [3.05, 3.63) is 69.1 Å². The minimum Gasteiger partial charge on any atom is -0.314 e. The third-order valence-corrected chi connectivity index (χ3v) is 5.42. The van der Waals surface area contributed by atoms with E-state index >= 15 is 0 Å². The van der Waals surface area contributed by atoms with Crippen LogP contribution in [0.15, 0.2) is 47.5 Å². The Hall–Kier alpha value is -2.73. The van der Waals surface area contributed by atoms with Crippen LogP contribution in [0.4, 0.5) is 5.82 Å². The number of carbonyl (C=O) groups excluding carboxylic acids is 1. The highest BCUT2D eigenvalue weighted by Gasteiger charge is 2.21. The Morgan fingerprint density at radius 3 is 2.92 bits per heavy atom. The molecule has 3 aromatic rings. The average molecular weight is 337 g/mol. The zero-order chi connectivity index (χ0) is 16.7. The van der Waals surface area contributed by atoms with Crippen LogP contribution in [0.1, 0.15) is 20.8 Å². The first-order valence-corrected chi connectivity index (χ1v) is 8.49. The van der Waals surface area contributed by atoms with Gasteiger partial charge in [0.1, 0.15) is 0 Å². The molecule has 2 heterocycles.